The van der Waals surface area contributed by atoms with Crippen LogP contribution in [0.3, 0.4) is 0 Å². The summed E-state index contributed by atoms with van der Waals surface area (Å²) in [6.07, 6.45) is 2.54. The molecule has 0 amide bonds. The minimum Gasteiger partial charge on any atom is -0.493 e. The van der Waals surface area contributed by atoms with Crippen molar-refractivity contribution in [3.63, 3.8) is 0 Å². The van der Waals surface area contributed by atoms with Crippen molar-refractivity contribution in [3.05, 3.63) is 36.2 Å². The molecule has 1 aromatic carbocycles. The van der Waals surface area contributed by atoms with Crippen molar-refractivity contribution in [2.45, 2.75) is 12.5 Å². The molecule has 1 aromatic rings. The number of rotatable bonds is 6. The molecule has 0 unspecified atom stereocenters. The Labute approximate surface area is 125 Å². The number of halogens is 1. The van der Waals surface area contributed by atoms with Gasteiger partial charge in [0.05, 0.1) is 14.2 Å². The predicted molar refractivity (Wildman–Crippen MR) is 81.5 cm³/mol. The monoisotopic (exact) mass is 294 g/mol. The number of methoxy groups -OCH3 is 2. The van der Waals surface area contributed by atoms with Crippen LogP contribution in [0.5, 0.6) is 11.5 Å². The second kappa shape index (κ2) is 7.43. The fourth-order valence-corrected chi connectivity index (χ4v) is 2.75. The maximum atomic E-state index is 14.5. The first-order valence-corrected chi connectivity index (χ1v) is 7.18. The van der Waals surface area contributed by atoms with E-state index in [4.69, 9.17) is 9.47 Å². The van der Waals surface area contributed by atoms with E-state index in [9.17, 15) is 4.39 Å². The van der Waals surface area contributed by atoms with Gasteiger partial charge in [0.1, 0.15) is 5.82 Å². The van der Waals surface area contributed by atoms with Crippen molar-refractivity contribution in [1.82, 2.24) is 10.2 Å². The first-order valence-electron chi connectivity index (χ1n) is 7.18. The van der Waals surface area contributed by atoms with E-state index in [1.807, 2.05) is 6.08 Å². The van der Waals surface area contributed by atoms with Crippen LogP contribution in [0.1, 0.15) is 18.0 Å². The highest BCUT2D eigenvalue weighted by Gasteiger charge is 2.25. The molecular weight excluding hydrogens is 271 g/mol. The molecule has 1 aliphatic rings. The average Bonchev–Trinajstić information content (AvgIpc) is 2.53. The van der Waals surface area contributed by atoms with Crippen molar-refractivity contribution < 1.29 is 13.9 Å². The molecule has 0 aromatic heterocycles. The minimum atomic E-state index is -0.266. The van der Waals surface area contributed by atoms with Gasteiger partial charge < -0.3 is 14.8 Å². The number of nitrogens with zero attached hydrogens (tertiary/aromatic N) is 1. The van der Waals surface area contributed by atoms with Gasteiger partial charge in [-0.2, -0.15) is 0 Å². The van der Waals surface area contributed by atoms with Crippen LogP contribution < -0.4 is 14.8 Å². The van der Waals surface area contributed by atoms with Crippen LogP contribution in [0, 0.1) is 5.82 Å². The molecule has 1 atom stereocenters. The van der Waals surface area contributed by atoms with Crippen molar-refractivity contribution in [3.8, 4) is 11.5 Å². The van der Waals surface area contributed by atoms with Gasteiger partial charge in [-0.25, -0.2) is 4.39 Å². The Morgan fingerprint density at radius 3 is 2.48 bits per heavy atom. The third-order valence-corrected chi connectivity index (χ3v) is 3.84. The van der Waals surface area contributed by atoms with Gasteiger partial charge in [-0.05, 0) is 12.5 Å². The largest absolute Gasteiger partial charge is 0.493 e. The standard InChI is InChI=1S/C16H23FN2O2/c1-4-5-14(19-8-6-18-7-9-19)12-10-15(20-2)16(21-3)11-13(12)17/h4,10-11,14,18H,1,5-9H2,2-3H3/t14-/m1/s1. The van der Waals surface area contributed by atoms with Crippen molar-refractivity contribution in [2.75, 3.05) is 40.4 Å². The summed E-state index contributed by atoms with van der Waals surface area (Å²) in [5.74, 6) is 0.701. The fraction of sp³-hybridized carbons (Fsp3) is 0.500. The maximum absolute atomic E-state index is 14.5. The topological polar surface area (TPSA) is 33.7 Å². The Morgan fingerprint density at radius 1 is 1.29 bits per heavy atom. The molecule has 5 heteroatoms. The van der Waals surface area contributed by atoms with Gasteiger partial charge in [0.15, 0.2) is 11.5 Å². The summed E-state index contributed by atoms with van der Waals surface area (Å²) in [6.45, 7) is 7.43. The van der Waals surface area contributed by atoms with E-state index in [1.54, 1.807) is 13.2 Å². The van der Waals surface area contributed by atoms with Crippen molar-refractivity contribution in [2.24, 2.45) is 0 Å². The van der Waals surface area contributed by atoms with Gasteiger partial charge in [-0.1, -0.05) is 6.08 Å². The van der Waals surface area contributed by atoms with Crippen LogP contribution in [0.25, 0.3) is 0 Å². The second-order valence-electron chi connectivity index (χ2n) is 5.05. The lowest BCUT2D eigenvalue weighted by atomic mass is 9.99. The Kier molecular flexibility index (Phi) is 5.59. The van der Waals surface area contributed by atoms with Gasteiger partial charge in [-0.3, -0.25) is 4.90 Å². The first kappa shape index (κ1) is 15.8. The highest BCUT2D eigenvalue weighted by atomic mass is 19.1. The van der Waals surface area contributed by atoms with Crippen LogP contribution in [0.15, 0.2) is 24.8 Å². The summed E-state index contributed by atoms with van der Waals surface area (Å²) in [7, 11) is 3.07. The zero-order valence-electron chi connectivity index (χ0n) is 12.7. The first-order chi connectivity index (χ1) is 10.2. The Balaban J connectivity index is 2.36. The Bertz CT molecular complexity index is 487. The summed E-state index contributed by atoms with van der Waals surface area (Å²) in [5.41, 5.74) is 0.634. The van der Waals surface area contributed by atoms with Gasteiger partial charge in [0, 0.05) is 43.9 Å². The molecule has 0 radical (unpaired) electrons. The second-order valence-corrected chi connectivity index (χ2v) is 5.05. The summed E-state index contributed by atoms with van der Waals surface area (Å²) < 4.78 is 24.9. The summed E-state index contributed by atoms with van der Waals surface area (Å²) in [5, 5.41) is 3.31. The highest BCUT2D eigenvalue weighted by molar-refractivity contribution is 5.45. The maximum Gasteiger partial charge on any atom is 0.163 e. The van der Waals surface area contributed by atoms with Gasteiger partial charge in [0.25, 0.3) is 0 Å². The van der Waals surface area contributed by atoms with Crippen molar-refractivity contribution >= 4 is 0 Å². The van der Waals surface area contributed by atoms with Gasteiger partial charge in [0.2, 0.25) is 0 Å². The number of nitrogens with one attached hydrogen (secondary N) is 1. The minimum absolute atomic E-state index is 0.0237. The lowest BCUT2D eigenvalue weighted by molar-refractivity contribution is 0.171. The van der Waals surface area contributed by atoms with E-state index in [2.05, 4.69) is 16.8 Å². The summed E-state index contributed by atoms with van der Waals surface area (Å²) >= 11 is 0. The molecule has 1 fully saturated rings. The Hall–Kier alpha value is -1.59. The van der Waals surface area contributed by atoms with Crippen LogP contribution in [0.4, 0.5) is 4.39 Å². The number of ether oxygens (including phenoxy) is 2. The number of piperazine rings is 1. The molecule has 1 saturated heterocycles. The molecule has 0 spiro atoms. The molecule has 0 saturated carbocycles. The van der Waals surface area contributed by atoms with Crippen LogP contribution in [-0.4, -0.2) is 45.3 Å². The molecule has 0 aliphatic carbocycles. The summed E-state index contributed by atoms with van der Waals surface area (Å²) in [4.78, 5) is 2.28. The third kappa shape index (κ3) is 3.54. The van der Waals surface area contributed by atoms with Crippen LogP contribution >= 0.6 is 0 Å². The van der Waals surface area contributed by atoms with Gasteiger partial charge >= 0.3 is 0 Å². The molecular formula is C16H23FN2O2. The zero-order chi connectivity index (χ0) is 15.2. The SMILES string of the molecule is C=CC[C@H](c1cc(OC)c(OC)cc1F)N1CCNCC1. The zero-order valence-corrected chi connectivity index (χ0v) is 12.7. The number of benzene rings is 1. The molecule has 1 N–H and O–H groups in total. The van der Waals surface area contributed by atoms with Crippen LogP contribution in [-0.2, 0) is 0 Å². The molecule has 4 nitrogen and oxygen atoms in total. The highest BCUT2D eigenvalue weighted by Crippen LogP contribution is 2.35. The van der Waals surface area contributed by atoms with E-state index in [0.717, 1.165) is 26.2 Å². The smallest absolute Gasteiger partial charge is 0.163 e. The average molecular weight is 294 g/mol. The van der Waals surface area contributed by atoms with Crippen LogP contribution in [0.2, 0.25) is 0 Å². The van der Waals surface area contributed by atoms with Gasteiger partial charge in [-0.15, -0.1) is 6.58 Å². The molecule has 21 heavy (non-hydrogen) atoms. The molecule has 116 valence electrons. The van der Waals surface area contributed by atoms with E-state index in [1.165, 1.54) is 13.2 Å². The molecule has 1 heterocycles. The third-order valence-electron chi connectivity index (χ3n) is 3.84. The number of hydrogen-bond donors (Lipinski definition) is 1. The van der Waals surface area contributed by atoms with E-state index < -0.39 is 0 Å². The van der Waals surface area contributed by atoms with E-state index in [-0.39, 0.29) is 11.9 Å². The number of hydrogen-bond acceptors (Lipinski definition) is 4. The lowest BCUT2D eigenvalue weighted by Crippen LogP contribution is -2.45. The van der Waals surface area contributed by atoms with Crippen molar-refractivity contribution in [1.29, 1.82) is 0 Å². The van der Waals surface area contributed by atoms with E-state index >= 15 is 0 Å². The normalized spacial score (nSPS) is 17.3. The lowest BCUT2D eigenvalue weighted by Gasteiger charge is -2.35. The molecule has 0 bridgehead atoms. The quantitative estimate of drug-likeness (QED) is 0.817. The molecule has 2 rings (SSSR count). The molecule has 1 aliphatic heterocycles. The predicted octanol–water partition coefficient (Wildman–Crippen LogP) is 2.37. The van der Waals surface area contributed by atoms with E-state index in [0.29, 0.717) is 23.5 Å². The summed E-state index contributed by atoms with van der Waals surface area (Å²) in [6, 6.07) is 3.11. The Morgan fingerprint density at radius 2 is 1.90 bits per heavy atom. The fourth-order valence-electron chi connectivity index (χ4n) is 2.75.